The molecule has 0 radical (unpaired) electrons. The number of benzene rings is 1. The Morgan fingerprint density at radius 2 is 1.84 bits per heavy atom. The summed E-state index contributed by atoms with van der Waals surface area (Å²) in [6.45, 7) is 2.51. The van der Waals surface area contributed by atoms with Crippen molar-refractivity contribution in [2.24, 2.45) is 0 Å². The molecule has 25 heavy (non-hydrogen) atoms. The molecule has 4 amide bonds. The van der Waals surface area contributed by atoms with E-state index in [0.29, 0.717) is 19.2 Å². The zero-order chi connectivity index (χ0) is 18.1. The molecule has 1 atom stereocenters. The van der Waals surface area contributed by atoms with Gasteiger partial charge in [-0.2, -0.15) is 5.26 Å². The molecule has 1 aromatic carbocycles. The highest BCUT2D eigenvalue weighted by atomic mass is 19.1. The van der Waals surface area contributed by atoms with Gasteiger partial charge < -0.3 is 10.2 Å². The van der Waals surface area contributed by atoms with Gasteiger partial charge in [0, 0.05) is 24.9 Å². The number of likely N-dealkylation sites (tertiary alicyclic amines) is 1. The van der Waals surface area contributed by atoms with Crippen LogP contribution in [-0.2, 0) is 0 Å². The Morgan fingerprint density at radius 3 is 2.40 bits per heavy atom. The molecule has 0 bridgehead atoms. The Labute approximate surface area is 143 Å². The van der Waals surface area contributed by atoms with E-state index in [-0.39, 0.29) is 16.8 Å². The van der Waals surface area contributed by atoms with Gasteiger partial charge in [-0.1, -0.05) is 0 Å². The van der Waals surface area contributed by atoms with Gasteiger partial charge in [-0.05, 0) is 37.5 Å². The molecule has 2 heterocycles. The Bertz CT molecular complexity index is 789. The number of nitrogens with zero attached hydrogens (tertiary/aromatic N) is 3. The number of rotatable bonds is 1. The van der Waals surface area contributed by atoms with Crippen LogP contribution in [0.25, 0.3) is 0 Å². The summed E-state index contributed by atoms with van der Waals surface area (Å²) in [7, 11) is 0. The number of allylic oxidation sites excluding steroid dienone is 1. The van der Waals surface area contributed by atoms with E-state index in [1.807, 2.05) is 6.07 Å². The standard InChI is InChI=1S/C17H16F2N4O2/c1-10-14(9-20)15(11-6-12(18)8-13(19)7-11)23(16(24)21-10)17(25)22-4-2-3-5-22/h6-8,15H,2-5H2,1H3,(H,21,24). The average molecular weight is 346 g/mol. The summed E-state index contributed by atoms with van der Waals surface area (Å²) in [6.07, 6.45) is 1.64. The number of halogens is 2. The van der Waals surface area contributed by atoms with Crippen molar-refractivity contribution in [3.8, 4) is 6.07 Å². The van der Waals surface area contributed by atoms with Gasteiger partial charge in [0.25, 0.3) is 0 Å². The predicted octanol–water partition coefficient (Wildman–Crippen LogP) is 3.04. The summed E-state index contributed by atoms with van der Waals surface area (Å²) in [5.41, 5.74) is 0.362. The molecule has 1 N–H and O–H groups in total. The van der Waals surface area contributed by atoms with Crippen LogP contribution in [-0.4, -0.2) is 35.0 Å². The van der Waals surface area contributed by atoms with Crippen LogP contribution in [0.3, 0.4) is 0 Å². The van der Waals surface area contributed by atoms with E-state index >= 15 is 0 Å². The van der Waals surface area contributed by atoms with E-state index in [9.17, 15) is 23.6 Å². The van der Waals surface area contributed by atoms with Crippen molar-refractivity contribution < 1.29 is 18.4 Å². The second-order valence-electron chi connectivity index (χ2n) is 6.03. The molecule has 1 unspecified atom stereocenters. The van der Waals surface area contributed by atoms with Crippen molar-refractivity contribution in [1.82, 2.24) is 15.1 Å². The second-order valence-corrected chi connectivity index (χ2v) is 6.03. The Hall–Kier alpha value is -2.95. The van der Waals surface area contributed by atoms with Gasteiger partial charge in [0.2, 0.25) is 0 Å². The fraction of sp³-hybridized carbons (Fsp3) is 0.353. The molecule has 1 fully saturated rings. The number of imide groups is 1. The molecule has 2 aliphatic heterocycles. The van der Waals surface area contributed by atoms with Gasteiger partial charge in [-0.3, -0.25) is 0 Å². The van der Waals surface area contributed by atoms with E-state index in [4.69, 9.17) is 0 Å². The van der Waals surface area contributed by atoms with Crippen LogP contribution < -0.4 is 5.32 Å². The average Bonchev–Trinajstić information content (AvgIpc) is 3.07. The quantitative estimate of drug-likeness (QED) is 0.849. The maximum atomic E-state index is 13.7. The number of urea groups is 2. The van der Waals surface area contributed by atoms with Gasteiger partial charge in [0.1, 0.15) is 17.7 Å². The van der Waals surface area contributed by atoms with Crippen molar-refractivity contribution in [3.05, 3.63) is 46.7 Å². The van der Waals surface area contributed by atoms with Crippen LogP contribution in [0.15, 0.2) is 29.5 Å². The molecule has 1 saturated heterocycles. The summed E-state index contributed by atoms with van der Waals surface area (Å²) < 4.78 is 27.4. The molecule has 3 rings (SSSR count). The van der Waals surface area contributed by atoms with Crippen LogP contribution in [0.5, 0.6) is 0 Å². The van der Waals surface area contributed by atoms with Gasteiger partial charge >= 0.3 is 12.1 Å². The Morgan fingerprint density at radius 1 is 1.24 bits per heavy atom. The van der Waals surface area contributed by atoms with E-state index < -0.39 is 29.7 Å². The molecule has 2 aliphatic rings. The molecule has 0 saturated carbocycles. The molecule has 130 valence electrons. The van der Waals surface area contributed by atoms with Crippen LogP contribution in [0.1, 0.15) is 31.4 Å². The fourth-order valence-corrected chi connectivity index (χ4v) is 3.19. The second kappa shape index (κ2) is 6.51. The fourth-order valence-electron chi connectivity index (χ4n) is 3.19. The number of carbonyl (C=O) groups excluding carboxylic acids is 2. The van der Waals surface area contributed by atoms with Gasteiger partial charge in [0.15, 0.2) is 0 Å². The molecule has 1 aromatic rings. The molecule has 0 spiro atoms. The number of nitriles is 1. The first-order chi connectivity index (χ1) is 11.9. The van der Waals surface area contributed by atoms with E-state index in [2.05, 4.69) is 5.32 Å². The lowest BCUT2D eigenvalue weighted by atomic mass is 9.94. The lowest BCUT2D eigenvalue weighted by Gasteiger charge is -2.37. The van der Waals surface area contributed by atoms with Gasteiger partial charge in [0.05, 0.1) is 11.6 Å². The van der Waals surface area contributed by atoms with Crippen LogP contribution in [0.2, 0.25) is 0 Å². The van der Waals surface area contributed by atoms with E-state index in [1.165, 1.54) is 11.8 Å². The van der Waals surface area contributed by atoms with Crippen LogP contribution >= 0.6 is 0 Å². The lowest BCUT2D eigenvalue weighted by Crippen LogP contribution is -2.53. The largest absolute Gasteiger partial charge is 0.330 e. The number of nitrogens with one attached hydrogen (secondary N) is 1. The maximum Gasteiger partial charge on any atom is 0.330 e. The van der Waals surface area contributed by atoms with Crippen molar-refractivity contribution in [3.63, 3.8) is 0 Å². The zero-order valence-corrected chi connectivity index (χ0v) is 13.6. The zero-order valence-electron chi connectivity index (χ0n) is 13.6. The number of hydrogen-bond acceptors (Lipinski definition) is 3. The first-order valence-electron chi connectivity index (χ1n) is 7.88. The first kappa shape index (κ1) is 16.9. The molecular weight excluding hydrogens is 330 g/mol. The summed E-state index contributed by atoms with van der Waals surface area (Å²) >= 11 is 0. The molecular formula is C17H16F2N4O2. The topological polar surface area (TPSA) is 76.4 Å². The SMILES string of the molecule is CC1=C(C#N)C(c2cc(F)cc(F)c2)N(C(=O)N2CCCC2)C(=O)N1. The molecule has 0 aromatic heterocycles. The summed E-state index contributed by atoms with van der Waals surface area (Å²) in [5, 5.41) is 12.0. The maximum absolute atomic E-state index is 13.7. The highest BCUT2D eigenvalue weighted by Crippen LogP contribution is 2.35. The Balaban J connectivity index is 2.12. The van der Waals surface area contributed by atoms with Crippen LogP contribution in [0, 0.1) is 23.0 Å². The summed E-state index contributed by atoms with van der Waals surface area (Å²) in [4.78, 5) is 27.6. The lowest BCUT2D eigenvalue weighted by molar-refractivity contribution is 0.149. The summed E-state index contributed by atoms with van der Waals surface area (Å²) in [6, 6.07) is 2.23. The van der Waals surface area contributed by atoms with E-state index in [0.717, 1.165) is 29.9 Å². The van der Waals surface area contributed by atoms with E-state index in [1.54, 1.807) is 0 Å². The summed E-state index contributed by atoms with van der Waals surface area (Å²) in [5.74, 6) is -1.69. The minimum Gasteiger partial charge on any atom is -0.324 e. The Kier molecular flexibility index (Phi) is 4.40. The van der Waals surface area contributed by atoms with Gasteiger partial charge in [-0.25, -0.2) is 23.3 Å². The smallest absolute Gasteiger partial charge is 0.324 e. The predicted molar refractivity (Wildman–Crippen MR) is 84.0 cm³/mol. The molecule has 0 aliphatic carbocycles. The third-order valence-electron chi connectivity index (χ3n) is 4.35. The van der Waals surface area contributed by atoms with Crippen molar-refractivity contribution in [1.29, 1.82) is 5.26 Å². The number of amides is 4. The minimum absolute atomic E-state index is 0.0378. The molecule has 8 heteroatoms. The highest BCUT2D eigenvalue weighted by Gasteiger charge is 2.41. The third-order valence-corrected chi connectivity index (χ3v) is 4.35. The number of hydrogen-bond donors (Lipinski definition) is 1. The first-order valence-corrected chi connectivity index (χ1v) is 7.88. The normalized spacial score (nSPS) is 20.6. The van der Waals surface area contributed by atoms with Crippen molar-refractivity contribution in [2.45, 2.75) is 25.8 Å². The number of carbonyl (C=O) groups is 2. The highest BCUT2D eigenvalue weighted by molar-refractivity contribution is 5.96. The molecule has 6 nitrogen and oxygen atoms in total. The van der Waals surface area contributed by atoms with Crippen LogP contribution in [0.4, 0.5) is 18.4 Å². The monoisotopic (exact) mass is 346 g/mol. The minimum atomic E-state index is -1.17. The van der Waals surface area contributed by atoms with Crippen molar-refractivity contribution in [2.75, 3.05) is 13.1 Å². The third kappa shape index (κ3) is 3.05. The van der Waals surface area contributed by atoms with Crippen molar-refractivity contribution >= 4 is 12.1 Å². The van der Waals surface area contributed by atoms with Gasteiger partial charge in [-0.15, -0.1) is 0 Å².